The zero-order chi connectivity index (χ0) is 13.1. The molecule has 1 aromatic carbocycles. The van der Waals surface area contributed by atoms with Crippen LogP contribution in [0.5, 0.6) is 0 Å². The van der Waals surface area contributed by atoms with Gasteiger partial charge in [-0.2, -0.15) is 0 Å². The van der Waals surface area contributed by atoms with Gasteiger partial charge in [0.05, 0.1) is 11.5 Å². The highest BCUT2D eigenvalue weighted by Crippen LogP contribution is 2.16. The second kappa shape index (κ2) is 5.62. The highest BCUT2D eigenvalue weighted by molar-refractivity contribution is 7.89. The normalized spacial score (nSPS) is 12.1. The molecule has 17 heavy (non-hydrogen) atoms. The third-order valence-corrected chi connectivity index (χ3v) is 3.57. The Balaban J connectivity index is 2.86. The van der Waals surface area contributed by atoms with Crippen molar-refractivity contribution in [1.82, 2.24) is 4.89 Å². The van der Waals surface area contributed by atoms with Crippen molar-refractivity contribution in [2.75, 3.05) is 6.61 Å². The van der Waals surface area contributed by atoms with E-state index in [0.29, 0.717) is 12.2 Å². The summed E-state index contributed by atoms with van der Waals surface area (Å²) in [5.41, 5.74) is 1.61. The highest BCUT2D eigenvalue weighted by Gasteiger charge is 2.17. The quantitative estimate of drug-likeness (QED) is 0.822. The van der Waals surface area contributed by atoms with E-state index in [1.165, 1.54) is 0 Å². The first kappa shape index (κ1) is 14.2. The van der Waals surface area contributed by atoms with Crippen LogP contribution in [0.25, 0.3) is 0 Å². The molecule has 0 aliphatic carbocycles. The van der Waals surface area contributed by atoms with E-state index in [0.717, 1.165) is 5.56 Å². The van der Waals surface area contributed by atoms with Crippen molar-refractivity contribution in [3.05, 3.63) is 29.3 Å². The molecule has 0 aliphatic heterocycles. The maximum absolute atomic E-state index is 12.0. The van der Waals surface area contributed by atoms with Crippen LogP contribution < -0.4 is 4.89 Å². The van der Waals surface area contributed by atoms with Gasteiger partial charge in [-0.25, -0.2) is 8.42 Å². The molecule has 0 heterocycles. The van der Waals surface area contributed by atoms with Gasteiger partial charge in [-0.15, -0.1) is 0 Å². The molecule has 1 N–H and O–H groups in total. The van der Waals surface area contributed by atoms with Crippen LogP contribution in [-0.2, 0) is 14.9 Å². The lowest BCUT2D eigenvalue weighted by Crippen LogP contribution is -2.26. The minimum absolute atomic E-state index is 0.265. The van der Waals surface area contributed by atoms with Gasteiger partial charge in [-0.05, 0) is 37.0 Å². The van der Waals surface area contributed by atoms with Crippen molar-refractivity contribution < 1.29 is 13.3 Å². The van der Waals surface area contributed by atoms with Crippen molar-refractivity contribution in [2.45, 2.75) is 32.6 Å². The Bertz CT molecular complexity index is 481. The summed E-state index contributed by atoms with van der Waals surface area (Å²) in [7, 11) is -3.58. The fraction of sp³-hybridized carbons (Fsp3) is 0.500. The van der Waals surface area contributed by atoms with Crippen molar-refractivity contribution in [3.63, 3.8) is 0 Å². The number of benzene rings is 1. The van der Waals surface area contributed by atoms with E-state index < -0.39 is 10.0 Å². The lowest BCUT2D eigenvalue weighted by Gasteiger charge is -2.11. The van der Waals surface area contributed by atoms with E-state index in [-0.39, 0.29) is 10.8 Å². The summed E-state index contributed by atoms with van der Waals surface area (Å²) in [6.07, 6.45) is 0. The minimum Gasteiger partial charge on any atom is -0.287 e. The molecule has 0 fully saturated rings. The van der Waals surface area contributed by atoms with E-state index in [1.54, 1.807) is 19.1 Å². The average Bonchev–Trinajstić information content (AvgIpc) is 2.20. The molecule has 96 valence electrons. The van der Waals surface area contributed by atoms with Gasteiger partial charge in [0, 0.05) is 0 Å². The second-order valence-electron chi connectivity index (χ2n) is 4.56. The molecule has 0 saturated heterocycles. The van der Waals surface area contributed by atoms with Crippen LogP contribution in [0.3, 0.4) is 0 Å². The van der Waals surface area contributed by atoms with Gasteiger partial charge in [0.25, 0.3) is 10.0 Å². The predicted octanol–water partition coefficient (Wildman–Crippen LogP) is 2.17. The smallest absolute Gasteiger partial charge is 0.262 e. The van der Waals surface area contributed by atoms with E-state index in [9.17, 15) is 8.42 Å². The van der Waals surface area contributed by atoms with Crippen LogP contribution in [-0.4, -0.2) is 15.0 Å². The third kappa shape index (κ3) is 4.11. The first-order valence-corrected chi connectivity index (χ1v) is 7.02. The van der Waals surface area contributed by atoms with Gasteiger partial charge in [-0.1, -0.05) is 30.9 Å². The summed E-state index contributed by atoms with van der Waals surface area (Å²) in [6, 6.07) is 5.30. The molecule has 0 unspecified atom stereocenters. The molecule has 4 nitrogen and oxygen atoms in total. The third-order valence-electron chi connectivity index (χ3n) is 2.22. The number of nitrogens with one attached hydrogen (secondary N) is 1. The van der Waals surface area contributed by atoms with Gasteiger partial charge in [0.2, 0.25) is 0 Å². The van der Waals surface area contributed by atoms with Crippen LogP contribution >= 0.6 is 0 Å². The summed E-state index contributed by atoms with van der Waals surface area (Å²) >= 11 is 0. The molecular weight excluding hydrogens is 238 g/mol. The van der Waals surface area contributed by atoms with E-state index in [4.69, 9.17) is 4.84 Å². The topological polar surface area (TPSA) is 55.4 Å². The summed E-state index contributed by atoms with van der Waals surface area (Å²) in [5, 5.41) is 0. The average molecular weight is 257 g/mol. The molecule has 1 aromatic rings. The number of aryl methyl sites for hydroxylation is 2. The first-order chi connectivity index (χ1) is 7.83. The molecule has 5 heteroatoms. The van der Waals surface area contributed by atoms with Gasteiger partial charge in [-0.3, -0.25) is 4.84 Å². The first-order valence-electron chi connectivity index (χ1n) is 5.54. The zero-order valence-corrected chi connectivity index (χ0v) is 11.5. The van der Waals surface area contributed by atoms with Crippen LogP contribution in [0.2, 0.25) is 0 Å². The molecule has 0 aromatic heterocycles. The van der Waals surface area contributed by atoms with Crippen LogP contribution in [0.4, 0.5) is 0 Å². The number of hydrogen-bond acceptors (Lipinski definition) is 3. The van der Waals surface area contributed by atoms with Gasteiger partial charge >= 0.3 is 0 Å². The molecule has 0 amide bonds. The summed E-state index contributed by atoms with van der Waals surface area (Å²) < 4.78 is 23.9. The second-order valence-corrected chi connectivity index (χ2v) is 6.17. The van der Waals surface area contributed by atoms with E-state index >= 15 is 0 Å². The fourth-order valence-corrected chi connectivity index (χ4v) is 2.47. The predicted molar refractivity (Wildman–Crippen MR) is 67.0 cm³/mol. The molecule has 1 rings (SSSR count). The molecule has 0 spiro atoms. The van der Waals surface area contributed by atoms with Crippen molar-refractivity contribution >= 4 is 10.0 Å². The Kier molecular flexibility index (Phi) is 4.68. The van der Waals surface area contributed by atoms with Crippen molar-refractivity contribution in [3.8, 4) is 0 Å². The Hall–Kier alpha value is -0.910. The zero-order valence-electron chi connectivity index (χ0n) is 10.6. The molecule has 0 bridgehead atoms. The summed E-state index contributed by atoms with van der Waals surface area (Å²) in [5.74, 6) is 0.274. The molecule has 0 aliphatic rings. The lowest BCUT2D eigenvalue weighted by atomic mass is 10.2. The SMILES string of the molecule is Cc1ccc(C)c(S(=O)(=O)NOCC(C)C)c1. The Morgan fingerprint density at radius 2 is 1.94 bits per heavy atom. The number of hydrogen-bond donors (Lipinski definition) is 1. The standard InChI is InChI=1S/C12H19NO3S/c1-9(2)8-16-13-17(14,15)12-7-10(3)5-6-11(12)4/h5-7,9,13H,8H2,1-4H3. The summed E-state index contributed by atoms with van der Waals surface area (Å²) in [6.45, 7) is 7.87. The summed E-state index contributed by atoms with van der Waals surface area (Å²) in [4.78, 5) is 7.38. The van der Waals surface area contributed by atoms with Gasteiger partial charge < -0.3 is 0 Å². The van der Waals surface area contributed by atoms with E-state index in [1.807, 2.05) is 26.8 Å². The Morgan fingerprint density at radius 1 is 1.29 bits per heavy atom. The van der Waals surface area contributed by atoms with Gasteiger partial charge in [0.1, 0.15) is 0 Å². The van der Waals surface area contributed by atoms with Crippen molar-refractivity contribution in [2.24, 2.45) is 5.92 Å². The van der Waals surface area contributed by atoms with E-state index in [2.05, 4.69) is 4.89 Å². The monoisotopic (exact) mass is 257 g/mol. The Morgan fingerprint density at radius 3 is 2.53 bits per heavy atom. The Labute approximate surface area is 103 Å². The van der Waals surface area contributed by atoms with Crippen LogP contribution in [0, 0.1) is 19.8 Å². The highest BCUT2D eigenvalue weighted by atomic mass is 32.2. The fourth-order valence-electron chi connectivity index (χ4n) is 1.32. The van der Waals surface area contributed by atoms with Crippen LogP contribution in [0.1, 0.15) is 25.0 Å². The van der Waals surface area contributed by atoms with Crippen molar-refractivity contribution in [1.29, 1.82) is 0 Å². The maximum Gasteiger partial charge on any atom is 0.262 e. The van der Waals surface area contributed by atoms with Crippen LogP contribution in [0.15, 0.2) is 23.1 Å². The maximum atomic E-state index is 12.0. The molecule has 0 atom stereocenters. The number of sulfonamides is 1. The molecular formula is C12H19NO3S. The van der Waals surface area contributed by atoms with Gasteiger partial charge in [0.15, 0.2) is 0 Å². The minimum atomic E-state index is -3.58. The molecule has 0 saturated carbocycles. The number of rotatable bonds is 5. The lowest BCUT2D eigenvalue weighted by molar-refractivity contribution is 0.0718. The molecule has 0 radical (unpaired) electrons. The largest absolute Gasteiger partial charge is 0.287 e.